The second-order valence-electron chi connectivity index (χ2n) is 4.80. The van der Waals surface area contributed by atoms with Gasteiger partial charge in [-0.1, -0.05) is 11.2 Å². The Labute approximate surface area is 120 Å². The molecule has 1 aliphatic rings. The number of aromatic nitrogens is 2. The molecule has 2 aromatic rings. The number of hydrazine groups is 1. The number of carbonyl (C=O) groups is 2. The molecule has 0 radical (unpaired) electrons. The zero-order valence-electron chi connectivity index (χ0n) is 11.3. The molecule has 2 heterocycles. The van der Waals surface area contributed by atoms with E-state index < -0.39 is 11.8 Å². The van der Waals surface area contributed by atoms with Crippen LogP contribution in [0.4, 0.5) is 0 Å². The van der Waals surface area contributed by atoms with Crippen molar-refractivity contribution in [3.63, 3.8) is 0 Å². The Morgan fingerprint density at radius 3 is 2.52 bits per heavy atom. The quantitative estimate of drug-likeness (QED) is 0.803. The smallest absolute Gasteiger partial charge is 0.291 e. The van der Waals surface area contributed by atoms with E-state index in [1.807, 2.05) is 6.07 Å². The highest BCUT2D eigenvalue weighted by atomic mass is 16.5. The highest BCUT2D eigenvalue weighted by Crippen LogP contribution is 2.19. The first-order valence-electron chi connectivity index (χ1n) is 6.74. The summed E-state index contributed by atoms with van der Waals surface area (Å²) in [5.41, 5.74) is 7.12. The Morgan fingerprint density at radius 1 is 1.00 bits per heavy atom. The minimum Gasteiger partial charge on any atom is -0.364 e. The molecule has 0 saturated carbocycles. The van der Waals surface area contributed by atoms with Crippen LogP contribution in [-0.4, -0.2) is 22.0 Å². The Hall–Kier alpha value is -2.70. The van der Waals surface area contributed by atoms with Gasteiger partial charge in [0.2, 0.25) is 0 Å². The molecule has 0 bridgehead atoms. The molecule has 21 heavy (non-hydrogen) atoms. The molecule has 0 spiro atoms. The first kappa shape index (κ1) is 13.3. The van der Waals surface area contributed by atoms with Crippen LogP contribution in [0.2, 0.25) is 0 Å². The van der Waals surface area contributed by atoms with Crippen LogP contribution < -0.4 is 10.9 Å². The molecule has 108 valence electrons. The summed E-state index contributed by atoms with van der Waals surface area (Å²) in [7, 11) is 0. The van der Waals surface area contributed by atoms with Gasteiger partial charge >= 0.3 is 0 Å². The number of carbonyl (C=O) groups excluding carboxylic acids is 2. The van der Waals surface area contributed by atoms with Gasteiger partial charge < -0.3 is 4.52 Å². The third-order valence-corrected chi connectivity index (χ3v) is 3.37. The highest BCUT2D eigenvalue weighted by Gasteiger charge is 2.15. The van der Waals surface area contributed by atoms with Crippen molar-refractivity contribution in [2.45, 2.75) is 25.7 Å². The van der Waals surface area contributed by atoms with Crippen LogP contribution in [0.25, 0.3) is 0 Å². The van der Waals surface area contributed by atoms with Crippen molar-refractivity contribution < 1.29 is 14.1 Å². The maximum Gasteiger partial charge on any atom is 0.291 e. The van der Waals surface area contributed by atoms with E-state index in [1.54, 1.807) is 6.07 Å². The van der Waals surface area contributed by atoms with Crippen LogP contribution in [0.15, 0.2) is 29.0 Å². The number of hydrogen-bond acceptors (Lipinski definition) is 5. The number of nitrogens with one attached hydrogen (secondary N) is 2. The summed E-state index contributed by atoms with van der Waals surface area (Å²) >= 11 is 0. The molecule has 0 unspecified atom stereocenters. The van der Waals surface area contributed by atoms with Crippen molar-refractivity contribution in [2.75, 3.05) is 0 Å². The fraction of sp³-hybridized carbons (Fsp3) is 0.286. The number of nitrogens with zero attached hydrogens (tertiary/aromatic N) is 2. The molecular formula is C14H14N4O3. The molecule has 0 atom stereocenters. The average molecular weight is 286 g/mol. The lowest BCUT2D eigenvalue weighted by atomic mass is 9.96. The number of aryl methyl sites for hydroxylation is 2. The summed E-state index contributed by atoms with van der Waals surface area (Å²) < 4.78 is 4.55. The molecular weight excluding hydrogens is 272 g/mol. The third-order valence-electron chi connectivity index (χ3n) is 3.37. The molecule has 2 aromatic heterocycles. The van der Waals surface area contributed by atoms with E-state index in [4.69, 9.17) is 0 Å². The SMILES string of the molecule is O=C(NNC(=O)c1ccc2c(n1)CCCC2)c1ccon1. The topological polar surface area (TPSA) is 97.1 Å². The van der Waals surface area contributed by atoms with Crippen molar-refractivity contribution >= 4 is 11.8 Å². The summed E-state index contributed by atoms with van der Waals surface area (Å²) in [5.74, 6) is -1.00. The van der Waals surface area contributed by atoms with Crippen molar-refractivity contribution in [2.24, 2.45) is 0 Å². The van der Waals surface area contributed by atoms with Gasteiger partial charge in [0.1, 0.15) is 12.0 Å². The Morgan fingerprint density at radius 2 is 1.76 bits per heavy atom. The first-order chi connectivity index (χ1) is 10.2. The largest absolute Gasteiger partial charge is 0.364 e. The average Bonchev–Trinajstić information content (AvgIpc) is 3.06. The number of hydrogen-bond donors (Lipinski definition) is 2. The van der Waals surface area contributed by atoms with Gasteiger partial charge in [-0.05, 0) is 37.3 Å². The summed E-state index contributed by atoms with van der Waals surface area (Å²) in [4.78, 5) is 27.9. The molecule has 0 aliphatic heterocycles. The molecule has 0 fully saturated rings. The monoisotopic (exact) mass is 286 g/mol. The predicted octanol–water partition coefficient (Wildman–Crippen LogP) is 1.02. The van der Waals surface area contributed by atoms with Crippen molar-refractivity contribution in [1.29, 1.82) is 0 Å². The van der Waals surface area contributed by atoms with Crippen LogP contribution in [0, 0.1) is 0 Å². The Kier molecular flexibility index (Phi) is 3.63. The standard InChI is InChI=1S/C14H14N4O3/c19-13(16-17-14(20)12-7-8-21-18-12)11-6-5-9-3-1-2-4-10(9)15-11/h5-8H,1-4H2,(H,16,19)(H,17,20). The molecule has 0 saturated heterocycles. The van der Waals surface area contributed by atoms with Crippen LogP contribution in [0.3, 0.4) is 0 Å². The molecule has 2 amide bonds. The van der Waals surface area contributed by atoms with Gasteiger partial charge in [-0.2, -0.15) is 0 Å². The van der Waals surface area contributed by atoms with Gasteiger partial charge in [0.25, 0.3) is 11.8 Å². The fourth-order valence-corrected chi connectivity index (χ4v) is 2.28. The molecule has 3 rings (SSSR count). The van der Waals surface area contributed by atoms with E-state index in [9.17, 15) is 9.59 Å². The van der Waals surface area contributed by atoms with Gasteiger partial charge in [-0.25, -0.2) is 4.98 Å². The predicted molar refractivity (Wildman–Crippen MR) is 72.3 cm³/mol. The number of pyridine rings is 1. The first-order valence-corrected chi connectivity index (χ1v) is 6.74. The maximum absolute atomic E-state index is 12.0. The van der Waals surface area contributed by atoms with Gasteiger partial charge in [0.05, 0.1) is 0 Å². The zero-order chi connectivity index (χ0) is 14.7. The summed E-state index contributed by atoms with van der Waals surface area (Å²) in [6, 6.07) is 5.00. The maximum atomic E-state index is 12.0. The number of rotatable bonds is 2. The lowest BCUT2D eigenvalue weighted by Crippen LogP contribution is -2.42. The Bertz CT molecular complexity index is 667. The lowest BCUT2D eigenvalue weighted by Gasteiger charge is -2.15. The fourth-order valence-electron chi connectivity index (χ4n) is 2.28. The van der Waals surface area contributed by atoms with E-state index >= 15 is 0 Å². The minimum absolute atomic E-state index is 0.0914. The molecule has 0 aromatic carbocycles. The van der Waals surface area contributed by atoms with Crippen LogP contribution in [0.5, 0.6) is 0 Å². The van der Waals surface area contributed by atoms with E-state index in [1.165, 1.54) is 17.9 Å². The summed E-state index contributed by atoms with van der Waals surface area (Å²) in [6.45, 7) is 0. The summed E-state index contributed by atoms with van der Waals surface area (Å²) in [6.07, 6.45) is 5.43. The second kappa shape index (κ2) is 5.74. The minimum atomic E-state index is -0.546. The van der Waals surface area contributed by atoms with E-state index in [-0.39, 0.29) is 11.4 Å². The van der Waals surface area contributed by atoms with E-state index in [0.29, 0.717) is 0 Å². The summed E-state index contributed by atoms with van der Waals surface area (Å²) in [5, 5.41) is 3.47. The van der Waals surface area contributed by atoms with Crippen LogP contribution in [0.1, 0.15) is 45.1 Å². The second-order valence-corrected chi connectivity index (χ2v) is 4.80. The van der Waals surface area contributed by atoms with Gasteiger partial charge in [0, 0.05) is 11.8 Å². The zero-order valence-corrected chi connectivity index (χ0v) is 11.3. The van der Waals surface area contributed by atoms with E-state index in [2.05, 4.69) is 25.5 Å². The van der Waals surface area contributed by atoms with Gasteiger partial charge in [-0.15, -0.1) is 0 Å². The Balaban J connectivity index is 1.64. The molecule has 7 heteroatoms. The normalized spacial score (nSPS) is 13.3. The number of fused-ring (bicyclic) bond motifs is 1. The highest BCUT2D eigenvalue weighted by molar-refractivity contribution is 5.97. The van der Waals surface area contributed by atoms with Gasteiger partial charge in [-0.3, -0.25) is 20.4 Å². The van der Waals surface area contributed by atoms with E-state index in [0.717, 1.165) is 31.4 Å². The van der Waals surface area contributed by atoms with Crippen molar-refractivity contribution in [3.05, 3.63) is 47.1 Å². The molecule has 1 aliphatic carbocycles. The molecule has 7 nitrogen and oxygen atoms in total. The van der Waals surface area contributed by atoms with Crippen LogP contribution >= 0.6 is 0 Å². The third kappa shape index (κ3) is 2.91. The van der Waals surface area contributed by atoms with Crippen LogP contribution in [-0.2, 0) is 12.8 Å². The lowest BCUT2D eigenvalue weighted by molar-refractivity contribution is 0.0839. The van der Waals surface area contributed by atoms with Crippen molar-refractivity contribution in [3.8, 4) is 0 Å². The number of amides is 2. The van der Waals surface area contributed by atoms with Crippen molar-refractivity contribution in [1.82, 2.24) is 21.0 Å². The molecule has 2 N–H and O–H groups in total. The van der Waals surface area contributed by atoms with Gasteiger partial charge in [0.15, 0.2) is 5.69 Å².